The second-order valence-electron chi connectivity index (χ2n) is 5.80. The summed E-state index contributed by atoms with van der Waals surface area (Å²) in [4.78, 5) is 21.2. The number of morpholine rings is 1. The Morgan fingerprint density at radius 1 is 1.55 bits per heavy atom. The van der Waals surface area contributed by atoms with Gasteiger partial charge in [-0.05, 0) is 13.3 Å². The van der Waals surface area contributed by atoms with E-state index in [9.17, 15) is 4.79 Å². The van der Waals surface area contributed by atoms with Crippen molar-refractivity contribution in [3.05, 3.63) is 16.1 Å². The zero-order valence-corrected chi connectivity index (χ0v) is 14.0. The summed E-state index contributed by atoms with van der Waals surface area (Å²) in [6.45, 7) is 6.65. The van der Waals surface area contributed by atoms with Crippen LogP contribution in [0.15, 0.2) is 5.38 Å². The van der Waals surface area contributed by atoms with E-state index in [4.69, 9.17) is 9.47 Å². The van der Waals surface area contributed by atoms with Crippen molar-refractivity contribution in [1.29, 1.82) is 0 Å². The van der Waals surface area contributed by atoms with Crippen molar-refractivity contribution >= 4 is 17.2 Å². The molecule has 7 heteroatoms. The fourth-order valence-electron chi connectivity index (χ4n) is 3.24. The summed E-state index contributed by atoms with van der Waals surface area (Å²) in [5.74, 6) is 0.0417. The summed E-state index contributed by atoms with van der Waals surface area (Å²) in [5, 5.41) is 2.78. The molecular formula is C15H23N3O3S. The zero-order chi connectivity index (χ0) is 15.5. The molecule has 2 saturated heterocycles. The second-order valence-corrected chi connectivity index (χ2v) is 6.86. The van der Waals surface area contributed by atoms with Crippen LogP contribution in [0.5, 0.6) is 0 Å². The highest BCUT2D eigenvalue weighted by molar-refractivity contribution is 7.09. The number of methoxy groups -OCH3 is 1. The third kappa shape index (κ3) is 3.32. The Labute approximate surface area is 135 Å². The summed E-state index contributed by atoms with van der Waals surface area (Å²) < 4.78 is 11.1. The molecule has 122 valence electrons. The van der Waals surface area contributed by atoms with Gasteiger partial charge in [0.15, 0.2) is 0 Å². The molecule has 1 amide bonds. The minimum absolute atomic E-state index is 0.0417. The Morgan fingerprint density at radius 2 is 2.41 bits per heavy atom. The first kappa shape index (κ1) is 15.9. The lowest BCUT2D eigenvalue weighted by Crippen LogP contribution is -2.61. The van der Waals surface area contributed by atoms with Crippen molar-refractivity contribution in [3.63, 3.8) is 0 Å². The number of aromatic nitrogens is 1. The molecule has 0 radical (unpaired) electrons. The molecule has 3 rings (SSSR count). The predicted molar refractivity (Wildman–Crippen MR) is 84.3 cm³/mol. The molecule has 6 nitrogen and oxygen atoms in total. The Bertz CT molecular complexity index is 522. The minimum Gasteiger partial charge on any atom is -0.383 e. The molecule has 0 N–H and O–H groups in total. The normalized spacial score (nSPS) is 26.0. The molecule has 0 spiro atoms. The summed E-state index contributed by atoms with van der Waals surface area (Å²) in [7, 11) is 1.72. The van der Waals surface area contributed by atoms with Crippen LogP contribution in [-0.2, 0) is 9.47 Å². The second kappa shape index (κ2) is 7.04. The van der Waals surface area contributed by atoms with Crippen LogP contribution in [0.3, 0.4) is 0 Å². The third-order valence-corrected chi connectivity index (χ3v) is 5.18. The Balaban J connectivity index is 1.67. The number of piperidine rings is 1. The molecule has 2 atom stereocenters. The molecule has 1 aromatic rings. The van der Waals surface area contributed by atoms with Gasteiger partial charge in [0, 0.05) is 38.7 Å². The van der Waals surface area contributed by atoms with Gasteiger partial charge in [-0.25, -0.2) is 4.98 Å². The van der Waals surface area contributed by atoms with E-state index in [-0.39, 0.29) is 18.1 Å². The maximum absolute atomic E-state index is 12.6. The first-order valence-electron chi connectivity index (χ1n) is 7.75. The van der Waals surface area contributed by atoms with Gasteiger partial charge in [0.05, 0.1) is 30.4 Å². The van der Waals surface area contributed by atoms with E-state index in [2.05, 4.69) is 9.88 Å². The van der Waals surface area contributed by atoms with Crippen molar-refractivity contribution in [2.45, 2.75) is 25.5 Å². The van der Waals surface area contributed by atoms with E-state index in [1.54, 1.807) is 7.11 Å². The van der Waals surface area contributed by atoms with Crippen LogP contribution in [0.2, 0.25) is 0 Å². The van der Waals surface area contributed by atoms with Crippen molar-refractivity contribution in [2.24, 2.45) is 0 Å². The Hall–Kier alpha value is -1.02. The van der Waals surface area contributed by atoms with E-state index in [1.807, 2.05) is 17.2 Å². The van der Waals surface area contributed by atoms with Gasteiger partial charge < -0.3 is 14.4 Å². The molecule has 2 aliphatic heterocycles. The maximum atomic E-state index is 12.6. The molecule has 0 bridgehead atoms. The van der Waals surface area contributed by atoms with Crippen molar-refractivity contribution in [2.75, 3.05) is 46.5 Å². The highest BCUT2D eigenvalue weighted by atomic mass is 32.1. The number of hydrogen-bond acceptors (Lipinski definition) is 6. The Kier molecular flexibility index (Phi) is 5.07. The fraction of sp³-hybridized carbons (Fsp3) is 0.733. The highest BCUT2D eigenvalue weighted by Gasteiger charge is 2.38. The molecular weight excluding hydrogens is 302 g/mol. The number of likely N-dealkylation sites (tertiary alicyclic amines) is 1. The first-order valence-corrected chi connectivity index (χ1v) is 8.63. The van der Waals surface area contributed by atoms with Gasteiger partial charge in [0.1, 0.15) is 5.69 Å². The lowest BCUT2D eigenvalue weighted by molar-refractivity contribution is -0.101. The topological polar surface area (TPSA) is 54.9 Å². The zero-order valence-electron chi connectivity index (χ0n) is 13.2. The van der Waals surface area contributed by atoms with Crippen LogP contribution in [0.4, 0.5) is 0 Å². The SMILES string of the molecule is COCCN1CCO[C@H]2CCN(C(=O)c3csc(C)n3)C[C@@H]21. The molecule has 0 saturated carbocycles. The number of fused-ring (bicyclic) bond motifs is 1. The molecule has 2 aliphatic rings. The number of thiazole rings is 1. The lowest BCUT2D eigenvalue weighted by atomic mass is 9.98. The minimum atomic E-state index is 0.0417. The van der Waals surface area contributed by atoms with E-state index < -0.39 is 0 Å². The van der Waals surface area contributed by atoms with Crippen LogP contribution in [0.1, 0.15) is 21.9 Å². The van der Waals surface area contributed by atoms with Gasteiger partial charge >= 0.3 is 0 Å². The van der Waals surface area contributed by atoms with E-state index in [0.717, 1.165) is 37.7 Å². The lowest BCUT2D eigenvalue weighted by Gasteiger charge is -2.46. The van der Waals surface area contributed by atoms with E-state index in [1.165, 1.54) is 11.3 Å². The molecule has 22 heavy (non-hydrogen) atoms. The monoisotopic (exact) mass is 325 g/mol. The van der Waals surface area contributed by atoms with E-state index in [0.29, 0.717) is 18.8 Å². The van der Waals surface area contributed by atoms with Crippen molar-refractivity contribution in [1.82, 2.24) is 14.8 Å². The fourth-order valence-corrected chi connectivity index (χ4v) is 3.82. The first-order chi connectivity index (χ1) is 10.7. The van der Waals surface area contributed by atoms with E-state index >= 15 is 0 Å². The summed E-state index contributed by atoms with van der Waals surface area (Å²) in [6.07, 6.45) is 1.12. The van der Waals surface area contributed by atoms with Crippen LogP contribution in [0.25, 0.3) is 0 Å². The average Bonchev–Trinajstić information content (AvgIpc) is 2.98. The summed E-state index contributed by atoms with van der Waals surface area (Å²) >= 11 is 1.52. The number of aryl methyl sites for hydroxylation is 1. The van der Waals surface area contributed by atoms with Crippen molar-refractivity contribution in [3.8, 4) is 0 Å². The molecule has 2 fully saturated rings. The molecule has 0 aliphatic carbocycles. The largest absolute Gasteiger partial charge is 0.383 e. The molecule has 1 aromatic heterocycles. The van der Waals surface area contributed by atoms with Crippen LogP contribution in [0, 0.1) is 6.92 Å². The van der Waals surface area contributed by atoms with Gasteiger partial charge in [0.2, 0.25) is 0 Å². The third-order valence-electron chi connectivity index (χ3n) is 4.41. The standard InChI is InChI=1S/C15H23N3O3S/c1-11-16-12(10-22-11)15(19)18-4-3-14-13(9-18)17(5-7-20-2)6-8-21-14/h10,13-14H,3-9H2,1-2H3/t13-,14-/m0/s1. The van der Waals surface area contributed by atoms with Gasteiger partial charge in [-0.1, -0.05) is 0 Å². The van der Waals surface area contributed by atoms with Crippen LogP contribution in [-0.4, -0.2) is 79.3 Å². The molecule has 3 heterocycles. The predicted octanol–water partition coefficient (Wildman–Crippen LogP) is 1.01. The van der Waals surface area contributed by atoms with Crippen molar-refractivity contribution < 1.29 is 14.3 Å². The summed E-state index contributed by atoms with van der Waals surface area (Å²) in [5.41, 5.74) is 0.570. The number of ether oxygens (including phenoxy) is 2. The van der Waals surface area contributed by atoms with Gasteiger partial charge in [-0.15, -0.1) is 11.3 Å². The van der Waals surface area contributed by atoms with Gasteiger partial charge in [-0.3, -0.25) is 9.69 Å². The number of nitrogens with zero attached hydrogens (tertiary/aromatic N) is 3. The maximum Gasteiger partial charge on any atom is 0.273 e. The number of carbonyl (C=O) groups excluding carboxylic acids is 1. The van der Waals surface area contributed by atoms with Gasteiger partial charge in [-0.2, -0.15) is 0 Å². The number of amides is 1. The summed E-state index contributed by atoms with van der Waals surface area (Å²) in [6, 6.07) is 0.265. The average molecular weight is 325 g/mol. The number of hydrogen-bond donors (Lipinski definition) is 0. The number of rotatable bonds is 4. The Morgan fingerprint density at radius 3 is 3.14 bits per heavy atom. The van der Waals surface area contributed by atoms with Crippen LogP contribution >= 0.6 is 11.3 Å². The van der Waals surface area contributed by atoms with Gasteiger partial charge in [0.25, 0.3) is 5.91 Å². The van der Waals surface area contributed by atoms with Crippen LogP contribution < -0.4 is 0 Å². The highest BCUT2D eigenvalue weighted by Crippen LogP contribution is 2.24. The quantitative estimate of drug-likeness (QED) is 0.827. The smallest absolute Gasteiger partial charge is 0.273 e. The number of carbonyl (C=O) groups is 1. The molecule has 0 unspecified atom stereocenters. The molecule has 0 aromatic carbocycles.